The first-order valence-corrected chi connectivity index (χ1v) is 7.37. The van der Waals surface area contributed by atoms with Crippen LogP contribution in [0, 0.1) is 19.8 Å². The molecule has 1 heterocycles. The number of dihydropyridines is 1. The maximum atomic E-state index is 5.36. The maximum Gasteiger partial charge on any atom is 0.0965 e. The van der Waals surface area contributed by atoms with Gasteiger partial charge in [-0.05, 0) is 50.6 Å². The van der Waals surface area contributed by atoms with Crippen LogP contribution in [0.3, 0.4) is 0 Å². The molecular formula is C19H21NO. The van der Waals surface area contributed by atoms with Gasteiger partial charge >= 0.3 is 0 Å². The molecule has 0 aromatic heterocycles. The predicted octanol–water partition coefficient (Wildman–Crippen LogP) is 4.49. The molecule has 0 amide bonds. The molecule has 0 saturated heterocycles. The largest absolute Gasteiger partial charge is 0.501 e. The Morgan fingerprint density at radius 2 is 1.76 bits per heavy atom. The smallest absolute Gasteiger partial charge is 0.0965 e. The third kappa shape index (κ3) is 2.71. The third-order valence-corrected chi connectivity index (χ3v) is 4.06. The summed E-state index contributed by atoms with van der Waals surface area (Å²) < 4.78 is 5.36. The van der Waals surface area contributed by atoms with Gasteiger partial charge in [-0.2, -0.15) is 0 Å². The van der Waals surface area contributed by atoms with Crippen molar-refractivity contribution in [1.29, 1.82) is 0 Å². The Kier molecular flexibility index (Phi) is 3.54. The van der Waals surface area contributed by atoms with Gasteiger partial charge in [0.2, 0.25) is 0 Å². The zero-order chi connectivity index (χ0) is 15.0. The van der Waals surface area contributed by atoms with Crippen molar-refractivity contribution in [3.05, 3.63) is 70.1 Å². The SMILES string of the molecule is COC1=CC=C2N=C(c3cc(C)cc(C)c3)C(C)=CC2C1. The second-order valence-electron chi connectivity index (χ2n) is 5.93. The molecule has 1 atom stereocenters. The first kappa shape index (κ1) is 13.9. The molecule has 1 aromatic carbocycles. The van der Waals surface area contributed by atoms with Gasteiger partial charge in [0.15, 0.2) is 0 Å². The lowest BCUT2D eigenvalue weighted by atomic mass is 9.88. The molecule has 2 heteroatoms. The first-order valence-electron chi connectivity index (χ1n) is 7.37. The van der Waals surface area contributed by atoms with Crippen molar-refractivity contribution < 1.29 is 4.74 Å². The summed E-state index contributed by atoms with van der Waals surface area (Å²) in [6, 6.07) is 6.62. The zero-order valence-electron chi connectivity index (χ0n) is 13.1. The summed E-state index contributed by atoms with van der Waals surface area (Å²) in [6.07, 6.45) is 7.34. The van der Waals surface area contributed by atoms with Crippen LogP contribution in [-0.2, 0) is 4.74 Å². The van der Waals surface area contributed by atoms with Gasteiger partial charge in [0.05, 0.1) is 18.6 Å². The molecule has 2 nitrogen and oxygen atoms in total. The van der Waals surface area contributed by atoms with Crippen LogP contribution in [0.25, 0.3) is 0 Å². The molecule has 0 saturated carbocycles. The molecule has 21 heavy (non-hydrogen) atoms. The maximum absolute atomic E-state index is 5.36. The van der Waals surface area contributed by atoms with Gasteiger partial charge in [0.1, 0.15) is 0 Å². The molecule has 3 rings (SSSR count). The van der Waals surface area contributed by atoms with E-state index in [-0.39, 0.29) is 0 Å². The van der Waals surface area contributed by atoms with Crippen LogP contribution in [0.1, 0.15) is 30.0 Å². The van der Waals surface area contributed by atoms with Gasteiger partial charge in [0.25, 0.3) is 0 Å². The fourth-order valence-corrected chi connectivity index (χ4v) is 3.11. The Bertz CT molecular complexity index is 684. The number of ether oxygens (including phenoxy) is 1. The van der Waals surface area contributed by atoms with Crippen molar-refractivity contribution in [2.24, 2.45) is 10.9 Å². The normalized spacial score (nSPS) is 20.9. The fraction of sp³-hybridized carbons (Fsp3) is 0.316. The summed E-state index contributed by atoms with van der Waals surface area (Å²) >= 11 is 0. The average Bonchev–Trinajstić information content (AvgIpc) is 2.44. The van der Waals surface area contributed by atoms with Crippen molar-refractivity contribution >= 4 is 5.71 Å². The van der Waals surface area contributed by atoms with Crippen LogP contribution in [0.4, 0.5) is 0 Å². The summed E-state index contributed by atoms with van der Waals surface area (Å²) in [7, 11) is 1.73. The molecule has 0 N–H and O–H groups in total. The van der Waals surface area contributed by atoms with Gasteiger partial charge in [-0.3, -0.25) is 4.99 Å². The summed E-state index contributed by atoms with van der Waals surface area (Å²) in [6.45, 7) is 6.42. The average molecular weight is 279 g/mol. The standard InChI is InChI=1S/C19H21NO/c1-12-7-13(2)9-16(8-12)19-14(3)10-15-11-17(21-4)5-6-18(15)20-19/h5-10,15H,11H2,1-4H3. The summed E-state index contributed by atoms with van der Waals surface area (Å²) in [5.74, 6) is 1.37. The van der Waals surface area contributed by atoms with Crippen molar-refractivity contribution in [3.63, 3.8) is 0 Å². The van der Waals surface area contributed by atoms with E-state index in [1.165, 1.54) is 22.3 Å². The van der Waals surface area contributed by atoms with Crippen molar-refractivity contribution in [2.45, 2.75) is 27.2 Å². The van der Waals surface area contributed by atoms with Crippen molar-refractivity contribution in [3.8, 4) is 0 Å². The van der Waals surface area contributed by atoms with Gasteiger partial charge in [0, 0.05) is 23.6 Å². The third-order valence-electron chi connectivity index (χ3n) is 4.06. The van der Waals surface area contributed by atoms with Gasteiger partial charge in [-0.15, -0.1) is 0 Å². The lowest BCUT2D eigenvalue weighted by molar-refractivity contribution is 0.268. The number of nitrogens with zero attached hydrogens (tertiary/aromatic N) is 1. The Labute approximate surface area is 126 Å². The molecule has 1 aliphatic heterocycles. The molecule has 0 radical (unpaired) electrons. The number of allylic oxidation sites excluding steroid dienone is 5. The van der Waals surface area contributed by atoms with E-state index in [1.54, 1.807) is 7.11 Å². The number of aryl methyl sites for hydroxylation is 2. The highest BCUT2D eigenvalue weighted by atomic mass is 16.5. The number of rotatable bonds is 2. The molecular weight excluding hydrogens is 258 g/mol. The summed E-state index contributed by atoms with van der Waals surface area (Å²) in [4.78, 5) is 4.92. The van der Waals surface area contributed by atoms with E-state index in [0.717, 1.165) is 23.6 Å². The molecule has 1 unspecified atom stereocenters. The number of benzene rings is 1. The van der Waals surface area contributed by atoms with Crippen LogP contribution in [0.2, 0.25) is 0 Å². The van der Waals surface area contributed by atoms with E-state index in [9.17, 15) is 0 Å². The minimum atomic E-state index is 0.347. The number of hydrogen-bond donors (Lipinski definition) is 0. The number of hydrogen-bond acceptors (Lipinski definition) is 2. The Balaban J connectivity index is 2.04. The van der Waals surface area contributed by atoms with Crippen LogP contribution >= 0.6 is 0 Å². The molecule has 0 spiro atoms. The summed E-state index contributed by atoms with van der Waals surface area (Å²) in [5.41, 5.74) is 7.25. The lowest BCUT2D eigenvalue weighted by Crippen LogP contribution is -2.16. The van der Waals surface area contributed by atoms with E-state index >= 15 is 0 Å². The molecule has 108 valence electrons. The van der Waals surface area contributed by atoms with Crippen molar-refractivity contribution in [2.75, 3.05) is 7.11 Å². The predicted molar refractivity (Wildman–Crippen MR) is 87.5 cm³/mol. The van der Waals surface area contributed by atoms with E-state index in [0.29, 0.717) is 5.92 Å². The van der Waals surface area contributed by atoms with E-state index in [1.807, 2.05) is 6.08 Å². The summed E-state index contributed by atoms with van der Waals surface area (Å²) in [5, 5.41) is 0. The Morgan fingerprint density at radius 3 is 2.43 bits per heavy atom. The minimum absolute atomic E-state index is 0.347. The highest BCUT2D eigenvalue weighted by Gasteiger charge is 2.23. The number of methoxy groups -OCH3 is 1. The molecule has 1 aromatic rings. The highest BCUT2D eigenvalue weighted by molar-refractivity contribution is 6.13. The topological polar surface area (TPSA) is 21.6 Å². The molecule has 0 bridgehead atoms. The highest BCUT2D eigenvalue weighted by Crippen LogP contribution is 2.33. The Morgan fingerprint density at radius 1 is 1.05 bits per heavy atom. The second kappa shape index (κ2) is 5.36. The van der Waals surface area contributed by atoms with Crippen LogP contribution in [0.5, 0.6) is 0 Å². The number of aliphatic imine (C=N–C) groups is 1. The van der Waals surface area contributed by atoms with Crippen molar-refractivity contribution in [1.82, 2.24) is 0 Å². The molecule has 2 aliphatic rings. The quantitative estimate of drug-likeness (QED) is 0.781. The van der Waals surface area contributed by atoms with Gasteiger partial charge in [-0.1, -0.05) is 23.3 Å². The Hall–Kier alpha value is -2.09. The monoisotopic (exact) mass is 279 g/mol. The van der Waals surface area contributed by atoms with E-state index in [4.69, 9.17) is 9.73 Å². The zero-order valence-corrected chi connectivity index (χ0v) is 13.1. The van der Waals surface area contributed by atoms with E-state index < -0.39 is 0 Å². The fourth-order valence-electron chi connectivity index (χ4n) is 3.11. The van der Waals surface area contributed by atoms with E-state index in [2.05, 4.69) is 51.1 Å². The van der Waals surface area contributed by atoms with Crippen LogP contribution in [0.15, 0.2) is 58.4 Å². The van der Waals surface area contributed by atoms with Crippen LogP contribution < -0.4 is 0 Å². The second-order valence-corrected chi connectivity index (χ2v) is 5.93. The van der Waals surface area contributed by atoms with Gasteiger partial charge < -0.3 is 4.74 Å². The number of fused-ring (bicyclic) bond motifs is 1. The van der Waals surface area contributed by atoms with Crippen LogP contribution in [-0.4, -0.2) is 12.8 Å². The lowest BCUT2D eigenvalue weighted by Gasteiger charge is -2.25. The molecule has 0 fully saturated rings. The van der Waals surface area contributed by atoms with Gasteiger partial charge in [-0.25, -0.2) is 0 Å². The first-order chi connectivity index (χ1) is 10.1. The molecule has 1 aliphatic carbocycles. The minimum Gasteiger partial charge on any atom is -0.501 e.